The van der Waals surface area contributed by atoms with Crippen LogP contribution in [0.3, 0.4) is 0 Å². The molecule has 24 heavy (non-hydrogen) atoms. The zero-order valence-corrected chi connectivity index (χ0v) is 13.1. The number of carbonyl (C=O) groups is 1. The summed E-state index contributed by atoms with van der Waals surface area (Å²) in [6.07, 6.45) is 1.74. The highest BCUT2D eigenvalue weighted by Gasteiger charge is 2.12. The largest absolute Gasteiger partial charge is 0.493 e. The summed E-state index contributed by atoms with van der Waals surface area (Å²) in [5, 5.41) is 17.0. The molecule has 0 fully saturated rings. The molecule has 0 unspecified atom stereocenters. The third kappa shape index (κ3) is 3.07. The first kappa shape index (κ1) is 15.6. The summed E-state index contributed by atoms with van der Waals surface area (Å²) >= 11 is 0. The number of rotatable bonds is 6. The van der Waals surface area contributed by atoms with E-state index in [0.29, 0.717) is 23.0 Å². The number of hydrogen-bond donors (Lipinski definition) is 1. The highest BCUT2D eigenvalue weighted by atomic mass is 16.5. The van der Waals surface area contributed by atoms with Gasteiger partial charge >= 0.3 is 5.97 Å². The fraction of sp³-hybridized carbons (Fsp3) is 0.188. The van der Waals surface area contributed by atoms with Gasteiger partial charge in [-0.3, -0.25) is 0 Å². The number of carboxylic acid groups (broad SMARTS) is 1. The summed E-state index contributed by atoms with van der Waals surface area (Å²) in [5.74, 6) is 0.499. The van der Waals surface area contributed by atoms with Gasteiger partial charge in [-0.25, -0.2) is 9.48 Å². The van der Waals surface area contributed by atoms with Gasteiger partial charge in [0.05, 0.1) is 20.4 Å². The van der Waals surface area contributed by atoms with Crippen molar-refractivity contribution in [3.05, 3.63) is 48.0 Å². The maximum atomic E-state index is 10.8. The summed E-state index contributed by atoms with van der Waals surface area (Å²) in [4.78, 5) is 10.8. The molecule has 0 aliphatic carbocycles. The second-order valence-corrected chi connectivity index (χ2v) is 4.94. The summed E-state index contributed by atoms with van der Waals surface area (Å²) < 4.78 is 17.3. The average molecular weight is 329 g/mol. The van der Waals surface area contributed by atoms with Crippen molar-refractivity contribution in [3.63, 3.8) is 0 Å². The lowest BCUT2D eigenvalue weighted by molar-refractivity contribution is 0.0660. The molecule has 0 saturated carbocycles. The van der Waals surface area contributed by atoms with Gasteiger partial charge in [-0.05, 0) is 30.3 Å². The molecule has 0 amide bonds. The number of carboxylic acids is 1. The Morgan fingerprint density at radius 3 is 2.67 bits per heavy atom. The van der Waals surface area contributed by atoms with Crippen molar-refractivity contribution < 1.29 is 23.8 Å². The predicted octanol–water partition coefficient (Wildman–Crippen LogP) is 2.30. The zero-order chi connectivity index (χ0) is 17.1. The first-order valence-electron chi connectivity index (χ1n) is 7.05. The number of furan rings is 1. The fourth-order valence-electron chi connectivity index (χ4n) is 2.24. The molecule has 0 saturated heterocycles. The van der Waals surface area contributed by atoms with Crippen LogP contribution in [0.4, 0.5) is 0 Å². The molecule has 1 aromatic carbocycles. The number of hydrogen-bond acceptors (Lipinski definition) is 6. The molecule has 8 heteroatoms. The second-order valence-electron chi connectivity index (χ2n) is 4.94. The van der Waals surface area contributed by atoms with Gasteiger partial charge in [0.15, 0.2) is 11.5 Å². The molecular formula is C16H15N3O5. The van der Waals surface area contributed by atoms with Gasteiger partial charge in [0.2, 0.25) is 5.76 Å². The van der Waals surface area contributed by atoms with E-state index in [1.165, 1.54) is 6.07 Å². The van der Waals surface area contributed by atoms with E-state index in [1.807, 2.05) is 12.1 Å². The second kappa shape index (κ2) is 6.45. The van der Waals surface area contributed by atoms with Gasteiger partial charge in [0, 0.05) is 5.56 Å². The van der Waals surface area contributed by atoms with Crippen molar-refractivity contribution in [1.82, 2.24) is 15.0 Å². The number of aromatic nitrogens is 3. The van der Waals surface area contributed by atoms with Crippen LogP contribution in [0, 0.1) is 0 Å². The van der Waals surface area contributed by atoms with Crippen LogP contribution in [0.1, 0.15) is 16.3 Å². The van der Waals surface area contributed by atoms with Gasteiger partial charge in [-0.2, -0.15) is 0 Å². The van der Waals surface area contributed by atoms with Crippen LogP contribution >= 0.6 is 0 Å². The minimum atomic E-state index is -1.11. The molecule has 2 aromatic heterocycles. The third-order valence-corrected chi connectivity index (χ3v) is 3.41. The monoisotopic (exact) mass is 329 g/mol. The zero-order valence-electron chi connectivity index (χ0n) is 13.1. The van der Waals surface area contributed by atoms with E-state index in [1.54, 1.807) is 37.2 Å². The minimum Gasteiger partial charge on any atom is -0.493 e. The smallest absolute Gasteiger partial charge is 0.371 e. The maximum absolute atomic E-state index is 10.8. The Balaban J connectivity index is 1.81. The molecular weight excluding hydrogens is 314 g/mol. The molecule has 0 aliphatic heterocycles. The van der Waals surface area contributed by atoms with Crippen molar-refractivity contribution >= 4 is 5.97 Å². The van der Waals surface area contributed by atoms with Crippen LogP contribution in [-0.4, -0.2) is 40.3 Å². The van der Waals surface area contributed by atoms with Crippen LogP contribution in [0.25, 0.3) is 11.3 Å². The van der Waals surface area contributed by atoms with Crippen molar-refractivity contribution in [3.8, 4) is 22.8 Å². The molecule has 0 bridgehead atoms. The van der Waals surface area contributed by atoms with Crippen LogP contribution < -0.4 is 9.47 Å². The summed E-state index contributed by atoms with van der Waals surface area (Å²) in [6.45, 7) is 0.285. The van der Waals surface area contributed by atoms with Crippen molar-refractivity contribution in [2.45, 2.75) is 6.54 Å². The van der Waals surface area contributed by atoms with Gasteiger partial charge in [-0.1, -0.05) is 5.21 Å². The van der Waals surface area contributed by atoms with Gasteiger partial charge in [0.25, 0.3) is 0 Å². The lowest BCUT2D eigenvalue weighted by atomic mass is 10.1. The van der Waals surface area contributed by atoms with Crippen LogP contribution in [-0.2, 0) is 6.54 Å². The number of aromatic carboxylic acids is 1. The van der Waals surface area contributed by atoms with Crippen LogP contribution in [0.5, 0.6) is 11.5 Å². The SMILES string of the molecule is COc1ccc(-c2cn(Cc3ccc(C(=O)O)o3)nn2)cc1OC. The Morgan fingerprint density at radius 2 is 2.00 bits per heavy atom. The molecule has 3 rings (SSSR count). The van der Waals surface area contributed by atoms with Gasteiger partial charge in [-0.15, -0.1) is 5.10 Å². The molecule has 0 spiro atoms. The molecule has 124 valence electrons. The van der Waals surface area contributed by atoms with Crippen LogP contribution in [0.2, 0.25) is 0 Å². The molecule has 0 atom stereocenters. The normalized spacial score (nSPS) is 10.6. The van der Waals surface area contributed by atoms with Gasteiger partial charge in [0.1, 0.15) is 18.0 Å². The van der Waals surface area contributed by atoms with E-state index < -0.39 is 5.97 Å². The molecule has 3 aromatic rings. The average Bonchev–Trinajstić information content (AvgIpc) is 3.24. The van der Waals surface area contributed by atoms with E-state index in [4.69, 9.17) is 19.0 Å². The van der Waals surface area contributed by atoms with Gasteiger partial charge < -0.3 is 19.0 Å². The topological polar surface area (TPSA) is 99.6 Å². The third-order valence-electron chi connectivity index (χ3n) is 3.41. The van der Waals surface area contributed by atoms with Crippen LogP contribution in [0.15, 0.2) is 40.9 Å². The Hall–Kier alpha value is -3.29. The Labute approximate surface area is 137 Å². The van der Waals surface area contributed by atoms with E-state index in [9.17, 15) is 4.79 Å². The molecule has 1 N–H and O–H groups in total. The number of methoxy groups -OCH3 is 2. The molecule has 2 heterocycles. The van der Waals surface area contributed by atoms with E-state index >= 15 is 0 Å². The van der Waals surface area contributed by atoms with E-state index in [-0.39, 0.29) is 12.3 Å². The summed E-state index contributed by atoms with van der Waals surface area (Å²) in [6, 6.07) is 8.46. The van der Waals surface area contributed by atoms with Crippen molar-refractivity contribution in [2.24, 2.45) is 0 Å². The highest BCUT2D eigenvalue weighted by Crippen LogP contribution is 2.31. The number of benzene rings is 1. The van der Waals surface area contributed by atoms with Crippen molar-refractivity contribution in [2.75, 3.05) is 14.2 Å². The molecule has 0 aliphatic rings. The molecule has 0 radical (unpaired) electrons. The first-order valence-corrected chi connectivity index (χ1v) is 7.05. The fourth-order valence-corrected chi connectivity index (χ4v) is 2.24. The quantitative estimate of drug-likeness (QED) is 0.740. The first-order chi connectivity index (χ1) is 11.6. The standard InChI is InChI=1S/C16H15N3O5/c1-22-13-5-3-10(7-15(13)23-2)12-9-19(18-17-12)8-11-4-6-14(24-11)16(20)21/h3-7,9H,8H2,1-2H3,(H,20,21). The van der Waals surface area contributed by atoms with E-state index in [2.05, 4.69) is 10.3 Å². The van der Waals surface area contributed by atoms with E-state index in [0.717, 1.165) is 5.56 Å². The van der Waals surface area contributed by atoms with Crippen molar-refractivity contribution in [1.29, 1.82) is 0 Å². The maximum Gasteiger partial charge on any atom is 0.371 e. The summed E-state index contributed by atoms with van der Waals surface area (Å²) in [7, 11) is 3.14. The lowest BCUT2D eigenvalue weighted by Gasteiger charge is -2.07. The molecule has 8 nitrogen and oxygen atoms in total. The number of ether oxygens (including phenoxy) is 2. The Kier molecular flexibility index (Phi) is 4.19. The predicted molar refractivity (Wildman–Crippen MR) is 83.3 cm³/mol. The minimum absolute atomic E-state index is 0.106. The Bertz CT molecular complexity index is 868. The summed E-state index contributed by atoms with van der Waals surface area (Å²) in [5.41, 5.74) is 1.48. The Morgan fingerprint density at radius 1 is 1.21 bits per heavy atom. The lowest BCUT2D eigenvalue weighted by Crippen LogP contribution is -1.99. The number of nitrogens with zero attached hydrogens (tertiary/aromatic N) is 3. The highest BCUT2D eigenvalue weighted by molar-refractivity contribution is 5.84.